The highest BCUT2D eigenvalue weighted by Gasteiger charge is 2.14. The monoisotopic (exact) mass is 390 g/mol. The van der Waals surface area contributed by atoms with E-state index in [9.17, 15) is 0 Å². The Kier molecular flexibility index (Phi) is 3.58. The lowest BCUT2D eigenvalue weighted by Gasteiger charge is -2.03. The van der Waals surface area contributed by atoms with Gasteiger partial charge in [0, 0.05) is 40.4 Å². The van der Waals surface area contributed by atoms with E-state index >= 15 is 0 Å². The van der Waals surface area contributed by atoms with Gasteiger partial charge in [-0.05, 0) is 48.9 Å². The van der Waals surface area contributed by atoms with Gasteiger partial charge in [0.15, 0.2) is 0 Å². The number of fused-ring (bicyclic) bond motifs is 2. The topological polar surface area (TPSA) is 75.2 Å². The Labute approximate surface area is 172 Å². The number of nitrogens with zero attached hydrogens (tertiary/aromatic N) is 4. The molecule has 0 unspecified atom stereocenters. The van der Waals surface area contributed by atoms with E-state index < -0.39 is 0 Å². The van der Waals surface area contributed by atoms with Gasteiger partial charge in [-0.1, -0.05) is 18.2 Å². The molecule has 4 aromatic heterocycles. The number of rotatable bonds is 3. The van der Waals surface area contributed by atoms with Gasteiger partial charge in [0.2, 0.25) is 0 Å². The van der Waals surface area contributed by atoms with Crippen molar-refractivity contribution in [2.45, 2.75) is 6.92 Å². The predicted molar refractivity (Wildman–Crippen MR) is 118 cm³/mol. The van der Waals surface area contributed by atoms with Crippen LogP contribution >= 0.6 is 0 Å². The Hall–Kier alpha value is -4.19. The first-order valence-corrected chi connectivity index (χ1v) is 9.78. The molecule has 0 aliphatic heterocycles. The first kappa shape index (κ1) is 16.7. The number of aryl methyl sites for hydroxylation is 1. The number of H-pyrrole nitrogens is 2. The molecule has 0 saturated carbocycles. The Morgan fingerprint density at radius 1 is 0.900 bits per heavy atom. The summed E-state index contributed by atoms with van der Waals surface area (Å²) in [6.45, 7) is 1.99. The number of aromatic amines is 2. The summed E-state index contributed by atoms with van der Waals surface area (Å²) in [5.74, 6) is 0. The van der Waals surface area contributed by atoms with Gasteiger partial charge >= 0.3 is 0 Å². The van der Waals surface area contributed by atoms with Crippen LogP contribution in [0.25, 0.3) is 50.0 Å². The van der Waals surface area contributed by atoms with E-state index in [1.165, 1.54) is 0 Å². The summed E-state index contributed by atoms with van der Waals surface area (Å²) in [6, 6.07) is 18.7. The van der Waals surface area contributed by atoms with E-state index in [1.807, 2.05) is 31.7 Å². The van der Waals surface area contributed by atoms with Gasteiger partial charge < -0.3 is 9.55 Å². The number of hydrogen-bond acceptors (Lipinski definition) is 3. The quantitative estimate of drug-likeness (QED) is 0.432. The molecule has 144 valence electrons. The minimum absolute atomic E-state index is 0.903. The summed E-state index contributed by atoms with van der Waals surface area (Å²) in [5, 5.41) is 9.97. The lowest BCUT2D eigenvalue weighted by molar-refractivity contribution is 1.07. The van der Waals surface area contributed by atoms with E-state index in [-0.39, 0.29) is 0 Å². The number of imidazole rings is 1. The highest BCUT2D eigenvalue weighted by molar-refractivity contribution is 5.99. The molecule has 0 spiro atoms. The van der Waals surface area contributed by atoms with Crippen molar-refractivity contribution in [3.05, 3.63) is 85.2 Å². The average molecular weight is 390 g/mol. The normalized spacial score (nSPS) is 11.5. The van der Waals surface area contributed by atoms with Crippen molar-refractivity contribution < 1.29 is 0 Å². The van der Waals surface area contributed by atoms with Gasteiger partial charge in [0.05, 0.1) is 28.9 Å². The van der Waals surface area contributed by atoms with Crippen LogP contribution in [0.1, 0.15) is 5.69 Å². The first-order valence-electron chi connectivity index (χ1n) is 9.78. The molecule has 6 aromatic rings. The lowest BCUT2D eigenvalue weighted by Crippen LogP contribution is -1.89. The molecule has 0 amide bonds. The summed E-state index contributed by atoms with van der Waals surface area (Å²) >= 11 is 0. The second-order valence-corrected chi connectivity index (χ2v) is 7.42. The number of nitrogens with one attached hydrogen (secondary N) is 2. The maximum absolute atomic E-state index is 4.61. The van der Waals surface area contributed by atoms with Gasteiger partial charge in [-0.3, -0.25) is 10.1 Å². The zero-order chi connectivity index (χ0) is 20.1. The SMILES string of the molecule is Cc1cn(-c2cccc3[nH]c(-c4n[nH]c5ccc(-c6cccnc6)cc45)cc23)cn1. The molecular weight excluding hydrogens is 372 g/mol. The maximum atomic E-state index is 4.61. The highest BCUT2D eigenvalue weighted by Crippen LogP contribution is 2.33. The average Bonchev–Trinajstić information content (AvgIpc) is 3.51. The van der Waals surface area contributed by atoms with Crippen LogP contribution in [0, 0.1) is 6.92 Å². The number of hydrogen-bond donors (Lipinski definition) is 2. The Morgan fingerprint density at radius 2 is 1.87 bits per heavy atom. The van der Waals surface area contributed by atoms with Crippen molar-refractivity contribution in [2.75, 3.05) is 0 Å². The van der Waals surface area contributed by atoms with Gasteiger partial charge in [-0.2, -0.15) is 5.10 Å². The molecule has 0 bridgehead atoms. The van der Waals surface area contributed by atoms with Crippen LogP contribution in [-0.2, 0) is 0 Å². The Balaban J connectivity index is 1.52. The van der Waals surface area contributed by atoms with Gasteiger partial charge in [-0.25, -0.2) is 4.98 Å². The molecular formula is C24H18N6. The first-order chi connectivity index (χ1) is 14.8. The Bertz CT molecular complexity index is 1500. The summed E-state index contributed by atoms with van der Waals surface area (Å²) < 4.78 is 2.05. The minimum Gasteiger partial charge on any atom is -0.353 e. The van der Waals surface area contributed by atoms with Crippen LogP contribution in [0.3, 0.4) is 0 Å². The summed E-state index contributed by atoms with van der Waals surface area (Å²) in [7, 11) is 0. The van der Waals surface area contributed by atoms with Crippen molar-refractivity contribution in [1.82, 2.24) is 29.7 Å². The van der Waals surface area contributed by atoms with Gasteiger partial charge in [0.25, 0.3) is 0 Å². The molecule has 6 nitrogen and oxygen atoms in total. The summed E-state index contributed by atoms with van der Waals surface area (Å²) in [4.78, 5) is 12.1. The summed E-state index contributed by atoms with van der Waals surface area (Å²) in [6.07, 6.45) is 7.55. The molecule has 0 aliphatic carbocycles. The third-order valence-corrected chi connectivity index (χ3v) is 5.44. The van der Waals surface area contributed by atoms with Crippen LogP contribution in [0.2, 0.25) is 0 Å². The number of pyridine rings is 1. The third-order valence-electron chi connectivity index (χ3n) is 5.44. The fourth-order valence-corrected chi connectivity index (χ4v) is 3.98. The largest absolute Gasteiger partial charge is 0.353 e. The smallest absolute Gasteiger partial charge is 0.116 e. The number of benzene rings is 2. The molecule has 6 heteroatoms. The molecule has 0 aliphatic rings. The molecule has 2 aromatic carbocycles. The van der Waals surface area contributed by atoms with Crippen molar-refractivity contribution in [2.24, 2.45) is 0 Å². The molecule has 0 fully saturated rings. The van der Waals surface area contributed by atoms with Crippen LogP contribution in [0.5, 0.6) is 0 Å². The van der Waals surface area contributed by atoms with Crippen LogP contribution in [0.4, 0.5) is 0 Å². The standard InChI is InChI=1S/C24H18N6/c1-15-13-30(14-26-15)23-6-2-5-20-18(23)11-22(27-20)24-19-10-16(7-8-21(19)28-29-24)17-4-3-9-25-12-17/h2-14,27H,1H3,(H,28,29). The van der Waals surface area contributed by atoms with Crippen molar-refractivity contribution in [1.29, 1.82) is 0 Å². The zero-order valence-electron chi connectivity index (χ0n) is 16.3. The number of aromatic nitrogens is 6. The molecule has 4 heterocycles. The fraction of sp³-hybridized carbons (Fsp3) is 0.0417. The van der Waals surface area contributed by atoms with Crippen molar-refractivity contribution >= 4 is 21.8 Å². The second kappa shape index (κ2) is 6.42. The van der Waals surface area contributed by atoms with Crippen molar-refractivity contribution in [3.8, 4) is 28.2 Å². The molecule has 6 rings (SSSR count). The summed E-state index contributed by atoms with van der Waals surface area (Å²) in [5.41, 5.74) is 8.22. The lowest BCUT2D eigenvalue weighted by atomic mass is 10.0. The van der Waals surface area contributed by atoms with Gasteiger partial charge in [0.1, 0.15) is 5.69 Å². The molecule has 0 atom stereocenters. The second-order valence-electron chi connectivity index (χ2n) is 7.42. The van der Waals surface area contributed by atoms with E-state index in [4.69, 9.17) is 0 Å². The van der Waals surface area contributed by atoms with Gasteiger partial charge in [-0.15, -0.1) is 0 Å². The van der Waals surface area contributed by atoms with E-state index in [0.717, 1.165) is 55.7 Å². The van der Waals surface area contributed by atoms with Crippen molar-refractivity contribution in [3.63, 3.8) is 0 Å². The van der Waals surface area contributed by atoms with Crippen LogP contribution < -0.4 is 0 Å². The molecule has 30 heavy (non-hydrogen) atoms. The Morgan fingerprint density at radius 3 is 2.70 bits per heavy atom. The van der Waals surface area contributed by atoms with Crippen LogP contribution in [0.15, 0.2) is 79.5 Å². The predicted octanol–water partition coefficient (Wildman–Crippen LogP) is 5.27. The highest BCUT2D eigenvalue weighted by atomic mass is 15.1. The maximum Gasteiger partial charge on any atom is 0.116 e. The van der Waals surface area contributed by atoms with E-state index in [0.29, 0.717) is 0 Å². The fourth-order valence-electron chi connectivity index (χ4n) is 3.98. The molecule has 2 N–H and O–H groups in total. The zero-order valence-corrected chi connectivity index (χ0v) is 16.3. The van der Waals surface area contributed by atoms with E-state index in [1.54, 1.807) is 6.20 Å². The van der Waals surface area contributed by atoms with Crippen LogP contribution in [-0.4, -0.2) is 29.7 Å². The third kappa shape index (κ3) is 2.62. The molecule has 0 radical (unpaired) electrons. The minimum atomic E-state index is 0.903. The van der Waals surface area contributed by atoms with E-state index in [2.05, 4.69) is 78.2 Å². The molecule has 0 saturated heterocycles.